The maximum absolute atomic E-state index is 14.2. The topological polar surface area (TPSA) is 43.1 Å². The molecule has 1 aliphatic carbocycles. The van der Waals surface area contributed by atoms with Crippen LogP contribution < -0.4 is 5.73 Å². The van der Waals surface area contributed by atoms with Crippen molar-refractivity contribution in [2.24, 2.45) is 0 Å². The summed E-state index contributed by atoms with van der Waals surface area (Å²) >= 11 is 0. The van der Waals surface area contributed by atoms with Gasteiger partial charge in [0.1, 0.15) is 11.6 Å². The second-order valence-electron chi connectivity index (χ2n) is 5.59. The first-order valence-corrected chi connectivity index (χ1v) is 6.81. The molecule has 0 saturated heterocycles. The molecule has 108 valence electrons. The van der Waals surface area contributed by atoms with E-state index in [0.717, 1.165) is 11.6 Å². The molecule has 0 aliphatic heterocycles. The fourth-order valence-electron chi connectivity index (χ4n) is 2.68. The lowest BCUT2D eigenvalue weighted by Crippen LogP contribution is -2.23. The maximum Gasteiger partial charge on any atom is 0.179 e. The molecule has 2 nitrogen and oxygen atoms in total. The number of ketones is 1. The minimum absolute atomic E-state index is 0.271. The van der Waals surface area contributed by atoms with Gasteiger partial charge < -0.3 is 5.73 Å². The zero-order valence-corrected chi connectivity index (χ0v) is 11.6. The Labute approximate surface area is 121 Å². The first kappa shape index (κ1) is 13.7. The highest BCUT2D eigenvalue weighted by molar-refractivity contribution is 6.06. The maximum atomic E-state index is 14.2. The Balaban J connectivity index is 2.07. The van der Waals surface area contributed by atoms with Gasteiger partial charge in [0.25, 0.3) is 0 Å². The van der Waals surface area contributed by atoms with Crippen LogP contribution in [0.25, 0.3) is 0 Å². The van der Waals surface area contributed by atoms with Crippen LogP contribution in [-0.2, 0) is 5.41 Å². The Morgan fingerprint density at radius 2 is 1.71 bits per heavy atom. The predicted octanol–water partition coefficient (Wildman–Crippen LogP) is 3.77. The van der Waals surface area contributed by atoms with E-state index in [1.54, 1.807) is 24.3 Å². The van der Waals surface area contributed by atoms with Crippen molar-refractivity contribution < 1.29 is 13.6 Å². The number of hydrogen-bond acceptors (Lipinski definition) is 2. The average molecular weight is 287 g/mol. The number of nitrogens with two attached hydrogens (primary N) is 1. The van der Waals surface area contributed by atoms with Gasteiger partial charge in [0.15, 0.2) is 5.78 Å². The average Bonchev–Trinajstić information content (AvgIpc) is 3.26. The molecule has 0 unspecified atom stereocenters. The van der Waals surface area contributed by atoms with E-state index >= 15 is 0 Å². The highest BCUT2D eigenvalue weighted by Gasteiger charge is 2.52. The lowest BCUT2D eigenvalue weighted by Gasteiger charge is -2.16. The molecule has 0 heterocycles. The summed E-state index contributed by atoms with van der Waals surface area (Å²) in [6.07, 6.45) is 1.20. The van der Waals surface area contributed by atoms with Gasteiger partial charge in [-0.1, -0.05) is 18.2 Å². The van der Waals surface area contributed by atoms with E-state index in [-0.39, 0.29) is 5.56 Å². The van der Waals surface area contributed by atoms with Gasteiger partial charge in [-0.3, -0.25) is 4.79 Å². The number of carbonyl (C=O) groups excluding carboxylic acids is 1. The summed E-state index contributed by atoms with van der Waals surface area (Å²) in [5, 5.41) is 0. The van der Waals surface area contributed by atoms with Crippen LogP contribution in [0.15, 0.2) is 36.4 Å². The third-order valence-corrected chi connectivity index (χ3v) is 4.16. The Morgan fingerprint density at radius 1 is 1.10 bits per heavy atom. The number of carbonyl (C=O) groups is 1. The molecule has 0 atom stereocenters. The van der Waals surface area contributed by atoms with E-state index in [2.05, 4.69) is 0 Å². The van der Waals surface area contributed by atoms with Crippen molar-refractivity contribution in [2.45, 2.75) is 25.2 Å². The van der Waals surface area contributed by atoms with Crippen LogP contribution in [0.4, 0.5) is 14.5 Å². The minimum atomic E-state index is -0.802. The van der Waals surface area contributed by atoms with Crippen molar-refractivity contribution in [3.05, 3.63) is 64.7 Å². The van der Waals surface area contributed by atoms with Crippen molar-refractivity contribution in [1.82, 2.24) is 0 Å². The predicted molar refractivity (Wildman–Crippen MR) is 77.2 cm³/mol. The number of nitrogen functional groups attached to an aromatic ring is 1. The first-order valence-electron chi connectivity index (χ1n) is 6.81. The zero-order chi connectivity index (χ0) is 15.2. The number of benzene rings is 2. The molecule has 3 rings (SSSR count). The molecule has 1 aliphatic rings. The Bertz CT molecular complexity index is 718. The standard InChI is InChI=1S/C17H15F2NO/c1-10-2-7-13(18)14(15(10)19)16(21)17(8-9-17)11-3-5-12(20)6-4-11/h2-7H,8-9,20H2,1H3. The SMILES string of the molecule is Cc1ccc(F)c(C(=O)C2(c3ccc(N)cc3)CC2)c1F. The molecule has 2 aromatic rings. The van der Waals surface area contributed by atoms with Crippen molar-refractivity contribution in [2.75, 3.05) is 5.73 Å². The summed E-state index contributed by atoms with van der Waals surface area (Å²) in [5.74, 6) is -2.04. The zero-order valence-electron chi connectivity index (χ0n) is 11.6. The molecule has 2 N–H and O–H groups in total. The lowest BCUT2D eigenvalue weighted by molar-refractivity contribution is 0.0937. The van der Waals surface area contributed by atoms with Crippen LogP contribution >= 0.6 is 0 Å². The summed E-state index contributed by atoms with van der Waals surface area (Å²) in [6.45, 7) is 1.52. The van der Waals surface area contributed by atoms with Crippen molar-refractivity contribution in [3.8, 4) is 0 Å². The van der Waals surface area contributed by atoms with E-state index in [1.165, 1.54) is 13.0 Å². The van der Waals surface area contributed by atoms with Crippen LogP contribution in [-0.4, -0.2) is 5.78 Å². The van der Waals surface area contributed by atoms with Gasteiger partial charge in [-0.15, -0.1) is 0 Å². The van der Waals surface area contributed by atoms with Gasteiger partial charge in [-0.25, -0.2) is 8.78 Å². The molecule has 21 heavy (non-hydrogen) atoms. The van der Waals surface area contributed by atoms with Gasteiger partial charge in [-0.05, 0) is 49.1 Å². The number of halogens is 2. The molecule has 1 saturated carbocycles. The smallest absolute Gasteiger partial charge is 0.179 e. The number of hydrogen-bond donors (Lipinski definition) is 1. The molecular weight excluding hydrogens is 272 g/mol. The second kappa shape index (κ2) is 4.65. The summed E-state index contributed by atoms with van der Waals surface area (Å²) in [4.78, 5) is 12.7. The number of rotatable bonds is 3. The largest absolute Gasteiger partial charge is 0.399 e. The molecule has 4 heteroatoms. The third-order valence-electron chi connectivity index (χ3n) is 4.16. The van der Waals surface area contributed by atoms with E-state index in [9.17, 15) is 13.6 Å². The second-order valence-corrected chi connectivity index (χ2v) is 5.59. The molecule has 0 radical (unpaired) electrons. The van der Waals surface area contributed by atoms with Crippen LogP contribution in [0.3, 0.4) is 0 Å². The van der Waals surface area contributed by atoms with Crippen LogP contribution in [0, 0.1) is 18.6 Å². The van der Waals surface area contributed by atoms with Gasteiger partial charge >= 0.3 is 0 Å². The highest BCUT2D eigenvalue weighted by atomic mass is 19.1. The summed E-state index contributed by atoms with van der Waals surface area (Å²) < 4.78 is 28.1. The molecule has 0 amide bonds. The summed E-state index contributed by atoms with van der Waals surface area (Å²) in [7, 11) is 0. The fourth-order valence-corrected chi connectivity index (χ4v) is 2.68. The molecule has 0 spiro atoms. The molecule has 1 fully saturated rings. The highest BCUT2D eigenvalue weighted by Crippen LogP contribution is 2.51. The van der Waals surface area contributed by atoms with Crippen LogP contribution in [0.5, 0.6) is 0 Å². The Morgan fingerprint density at radius 3 is 2.29 bits per heavy atom. The molecule has 2 aromatic carbocycles. The first-order chi connectivity index (χ1) is 9.95. The number of Topliss-reactive ketones (excluding diaryl/α,β-unsaturated/α-hetero) is 1. The van der Waals surface area contributed by atoms with Crippen molar-refractivity contribution in [1.29, 1.82) is 0 Å². The quantitative estimate of drug-likeness (QED) is 0.689. The fraction of sp³-hybridized carbons (Fsp3) is 0.235. The van der Waals surface area contributed by atoms with E-state index < -0.39 is 28.4 Å². The van der Waals surface area contributed by atoms with Crippen molar-refractivity contribution in [3.63, 3.8) is 0 Å². The minimum Gasteiger partial charge on any atom is -0.399 e. The van der Waals surface area contributed by atoms with Crippen molar-refractivity contribution >= 4 is 11.5 Å². The third kappa shape index (κ3) is 2.11. The molecule has 0 aromatic heterocycles. The molecular formula is C17H15F2NO. The Hall–Kier alpha value is -2.23. The summed E-state index contributed by atoms with van der Waals surface area (Å²) in [5.41, 5.74) is 6.04. The van der Waals surface area contributed by atoms with Gasteiger partial charge in [0.2, 0.25) is 0 Å². The Kier molecular flexibility index (Phi) is 3.04. The number of aryl methyl sites for hydroxylation is 1. The lowest BCUT2D eigenvalue weighted by atomic mass is 9.86. The van der Waals surface area contributed by atoms with Gasteiger partial charge in [-0.2, -0.15) is 0 Å². The molecule has 0 bridgehead atoms. The van der Waals surface area contributed by atoms with Gasteiger partial charge in [0.05, 0.1) is 11.0 Å². The van der Waals surface area contributed by atoms with Crippen LogP contribution in [0.1, 0.15) is 34.3 Å². The van der Waals surface area contributed by atoms with Gasteiger partial charge in [0, 0.05) is 5.69 Å². The van der Waals surface area contributed by atoms with Crippen LogP contribution in [0.2, 0.25) is 0 Å². The van der Waals surface area contributed by atoms with E-state index in [0.29, 0.717) is 18.5 Å². The normalized spacial score (nSPS) is 15.8. The van der Waals surface area contributed by atoms with E-state index in [1.807, 2.05) is 0 Å². The number of anilines is 1. The summed E-state index contributed by atoms with van der Waals surface area (Å²) in [6, 6.07) is 9.39. The monoisotopic (exact) mass is 287 g/mol. The van der Waals surface area contributed by atoms with E-state index in [4.69, 9.17) is 5.73 Å².